The lowest BCUT2D eigenvalue weighted by Gasteiger charge is -2.41. The molecule has 0 aromatic rings. The molecule has 3 nitrogen and oxygen atoms in total. The second-order valence-electron chi connectivity index (χ2n) is 3.78. The van der Waals surface area contributed by atoms with E-state index < -0.39 is 5.91 Å². The number of halogens is 1. The van der Waals surface area contributed by atoms with Crippen molar-refractivity contribution in [2.24, 2.45) is 0 Å². The van der Waals surface area contributed by atoms with Crippen LogP contribution in [0.5, 0.6) is 0 Å². The van der Waals surface area contributed by atoms with Crippen molar-refractivity contribution in [3.63, 3.8) is 0 Å². The molecule has 0 N–H and O–H groups in total. The van der Waals surface area contributed by atoms with Gasteiger partial charge in [-0.2, -0.15) is 0 Å². The summed E-state index contributed by atoms with van der Waals surface area (Å²) in [6.45, 7) is 7.28. The van der Waals surface area contributed by atoms with Crippen LogP contribution in [0.4, 0.5) is 0 Å². The highest BCUT2D eigenvalue weighted by atomic mass is 127. The third kappa shape index (κ3) is 4.58. The molecule has 0 aromatic carbocycles. The normalized spacial score (nSPS) is 12.5. The van der Waals surface area contributed by atoms with Gasteiger partial charge in [-0.05, 0) is 13.8 Å². The molecule has 4 heteroatoms. The van der Waals surface area contributed by atoms with Crippen molar-refractivity contribution in [1.82, 2.24) is 0 Å². The lowest BCUT2D eigenvalue weighted by atomic mass is 10.4. The molecule has 0 atom stereocenters. The summed E-state index contributed by atoms with van der Waals surface area (Å²) in [6.07, 6.45) is 0. The van der Waals surface area contributed by atoms with E-state index in [1.807, 2.05) is 20.8 Å². The van der Waals surface area contributed by atoms with Crippen molar-refractivity contribution in [3.05, 3.63) is 0 Å². The summed E-state index contributed by atoms with van der Waals surface area (Å²) >= 11 is 0. The molecule has 0 aliphatic carbocycles. The van der Waals surface area contributed by atoms with Gasteiger partial charge in [0.25, 0.3) is 0 Å². The molecule has 0 saturated carbocycles. The first-order chi connectivity index (χ1) is 5.37. The minimum Gasteiger partial charge on any atom is -1.00 e. The van der Waals surface area contributed by atoms with Crippen LogP contribution in [-0.2, 0) is 9.47 Å². The van der Waals surface area contributed by atoms with E-state index in [0.29, 0.717) is 17.7 Å². The minimum atomic E-state index is -0.524. The number of nitrogens with zero attached hydrogens (tertiary/aromatic N) is 1. The third-order valence-corrected chi connectivity index (χ3v) is 2.04. The summed E-state index contributed by atoms with van der Waals surface area (Å²) in [7, 11) is 6.18. The first kappa shape index (κ1) is 16.1. The quantitative estimate of drug-likeness (QED) is 0.348. The Bertz CT molecular complexity index is 128. The van der Waals surface area contributed by atoms with Crippen LogP contribution < -0.4 is 24.0 Å². The van der Waals surface area contributed by atoms with E-state index >= 15 is 0 Å². The molecule has 0 saturated heterocycles. The average Bonchev–Trinajstić information content (AvgIpc) is 1.86. The van der Waals surface area contributed by atoms with Gasteiger partial charge in [0.15, 0.2) is 0 Å². The number of hydrogen-bond acceptors (Lipinski definition) is 2. The zero-order chi connectivity index (χ0) is 9.83. The van der Waals surface area contributed by atoms with Gasteiger partial charge in [-0.1, -0.05) is 0 Å². The largest absolute Gasteiger partial charge is 1.00 e. The van der Waals surface area contributed by atoms with Crippen molar-refractivity contribution in [3.8, 4) is 0 Å². The molecule has 0 amide bonds. The Kier molecular flexibility index (Phi) is 7.61. The number of hydrogen-bond donors (Lipinski definition) is 0. The first-order valence-electron chi connectivity index (χ1n) is 4.47. The lowest BCUT2D eigenvalue weighted by Crippen LogP contribution is -3.00. The van der Waals surface area contributed by atoms with E-state index in [9.17, 15) is 0 Å². The van der Waals surface area contributed by atoms with Crippen molar-refractivity contribution in [2.45, 2.75) is 26.7 Å². The van der Waals surface area contributed by atoms with Crippen LogP contribution in [-0.4, -0.2) is 44.8 Å². The Hall–Kier alpha value is 0.610. The zero-order valence-corrected chi connectivity index (χ0v) is 11.7. The van der Waals surface area contributed by atoms with Gasteiger partial charge in [-0.3, -0.25) is 4.48 Å². The van der Waals surface area contributed by atoms with Crippen LogP contribution in [0.3, 0.4) is 0 Å². The molecule has 0 rings (SSSR count). The van der Waals surface area contributed by atoms with Crippen LogP contribution in [0.25, 0.3) is 0 Å². The van der Waals surface area contributed by atoms with Crippen LogP contribution in [0.1, 0.15) is 20.8 Å². The second-order valence-corrected chi connectivity index (χ2v) is 3.78. The van der Waals surface area contributed by atoms with Crippen molar-refractivity contribution in [1.29, 1.82) is 0 Å². The maximum atomic E-state index is 5.58. The van der Waals surface area contributed by atoms with E-state index in [2.05, 4.69) is 21.1 Å². The SMILES string of the molecule is CCOC(C)(OCC)[N+](C)(C)C.[I-]. The molecule has 0 aliphatic heterocycles. The van der Waals surface area contributed by atoms with Gasteiger partial charge in [-0.25, -0.2) is 0 Å². The van der Waals surface area contributed by atoms with Crippen LogP contribution in [0.15, 0.2) is 0 Å². The summed E-state index contributed by atoms with van der Waals surface area (Å²) in [6, 6.07) is 0. The number of quaternary nitrogens is 1. The zero-order valence-electron chi connectivity index (χ0n) is 9.56. The Morgan fingerprint density at radius 1 is 1.00 bits per heavy atom. The molecule has 0 radical (unpaired) electrons. The Labute approximate surface area is 99.0 Å². The van der Waals surface area contributed by atoms with Gasteiger partial charge < -0.3 is 33.5 Å². The molecule has 0 aliphatic rings. The fraction of sp³-hybridized carbons (Fsp3) is 1.00. The predicted molar refractivity (Wildman–Crippen MR) is 49.7 cm³/mol. The highest BCUT2D eigenvalue weighted by molar-refractivity contribution is 4.46. The van der Waals surface area contributed by atoms with Crippen molar-refractivity contribution >= 4 is 0 Å². The minimum absolute atomic E-state index is 0. The van der Waals surface area contributed by atoms with Gasteiger partial charge in [-0.15, -0.1) is 0 Å². The Morgan fingerprint density at radius 2 is 1.31 bits per heavy atom. The third-order valence-electron chi connectivity index (χ3n) is 2.04. The van der Waals surface area contributed by atoms with Crippen molar-refractivity contribution in [2.75, 3.05) is 34.4 Å². The smallest absolute Gasteiger partial charge is 0.315 e. The second kappa shape index (κ2) is 6.16. The van der Waals surface area contributed by atoms with Gasteiger partial charge >= 0.3 is 5.91 Å². The number of ether oxygens (including phenoxy) is 2. The summed E-state index contributed by atoms with van der Waals surface area (Å²) in [4.78, 5) is 0. The molecule has 82 valence electrons. The summed E-state index contributed by atoms with van der Waals surface area (Å²) in [5.74, 6) is -0.524. The fourth-order valence-corrected chi connectivity index (χ4v) is 0.965. The topological polar surface area (TPSA) is 18.5 Å². The maximum Gasteiger partial charge on any atom is 0.315 e. The molecule has 0 bridgehead atoms. The van der Waals surface area contributed by atoms with Gasteiger partial charge in [0, 0.05) is 6.92 Å². The predicted octanol–water partition coefficient (Wildman–Crippen LogP) is -1.56. The number of rotatable bonds is 5. The van der Waals surface area contributed by atoms with E-state index in [1.165, 1.54) is 0 Å². The molecule has 13 heavy (non-hydrogen) atoms. The summed E-state index contributed by atoms with van der Waals surface area (Å²) < 4.78 is 11.8. The Morgan fingerprint density at radius 3 is 1.46 bits per heavy atom. The highest BCUT2D eigenvalue weighted by Gasteiger charge is 2.39. The molecule has 0 spiro atoms. The van der Waals surface area contributed by atoms with E-state index in [0.717, 1.165) is 0 Å². The summed E-state index contributed by atoms with van der Waals surface area (Å²) in [5.41, 5.74) is 0. The monoisotopic (exact) mass is 303 g/mol. The highest BCUT2D eigenvalue weighted by Crippen LogP contribution is 2.21. The lowest BCUT2D eigenvalue weighted by molar-refractivity contribution is -0.978. The van der Waals surface area contributed by atoms with E-state index in [4.69, 9.17) is 9.47 Å². The van der Waals surface area contributed by atoms with Gasteiger partial charge in [0.1, 0.15) is 0 Å². The Balaban J connectivity index is 0. The van der Waals surface area contributed by atoms with E-state index in [1.54, 1.807) is 0 Å². The first-order valence-corrected chi connectivity index (χ1v) is 4.47. The fourth-order valence-electron chi connectivity index (χ4n) is 0.965. The maximum absolute atomic E-state index is 5.58. The molecule has 0 heterocycles. The van der Waals surface area contributed by atoms with Crippen LogP contribution in [0.2, 0.25) is 0 Å². The average molecular weight is 303 g/mol. The van der Waals surface area contributed by atoms with Gasteiger partial charge in [0.05, 0.1) is 34.4 Å². The van der Waals surface area contributed by atoms with Crippen LogP contribution >= 0.6 is 0 Å². The van der Waals surface area contributed by atoms with E-state index in [-0.39, 0.29) is 24.0 Å². The molecule has 0 fully saturated rings. The standard InChI is InChI=1S/C9H22NO2.HI/c1-7-11-9(3,12-8-2)10(4,5)6;/h7-8H2,1-6H3;1H/q+1;/p-1. The molecule has 0 aromatic heterocycles. The van der Waals surface area contributed by atoms with Gasteiger partial charge in [0.2, 0.25) is 0 Å². The molecular weight excluding hydrogens is 281 g/mol. The summed E-state index contributed by atoms with van der Waals surface area (Å²) in [5, 5.41) is 0. The molecular formula is C9H22INO2. The van der Waals surface area contributed by atoms with Crippen molar-refractivity contribution < 1.29 is 37.9 Å². The van der Waals surface area contributed by atoms with Crippen LogP contribution in [0, 0.1) is 0 Å². The molecule has 0 unspecified atom stereocenters.